The van der Waals surface area contributed by atoms with Gasteiger partial charge in [-0.3, -0.25) is 14.1 Å². The van der Waals surface area contributed by atoms with Crippen molar-refractivity contribution in [2.45, 2.75) is 18.6 Å². The van der Waals surface area contributed by atoms with Gasteiger partial charge in [-0.2, -0.15) is 8.78 Å². The molecule has 3 rings (SSSR count). The Morgan fingerprint density at radius 2 is 1.93 bits per heavy atom. The monoisotopic (exact) mass is 401 g/mol. The maximum absolute atomic E-state index is 13.2. The fourth-order valence-electron chi connectivity index (χ4n) is 3.10. The third kappa shape index (κ3) is 3.90. The van der Waals surface area contributed by atoms with Crippen LogP contribution < -0.4 is 10.5 Å². The molecule has 1 aliphatic heterocycles. The average Bonchev–Trinajstić information content (AvgIpc) is 2.93. The zero-order valence-electron chi connectivity index (χ0n) is 15.5. The number of amides is 1. The largest absolute Gasteiger partial charge is 0.435 e. The lowest BCUT2D eigenvalue weighted by atomic mass is 9.82. The number of carbonyl (C=O) groups excluding carboxylic acids is 1. The zero-order valence-corrected chi connectivity index (χ0v) is 15.5. The first-order valence-electron chi connectivity index (χ1n) is 8.72. The van der Waals surface area contributed by atoms with Crippen LogP contribution in [0.15, 0.2) is 53.5 Å². The number of nitrogens with two attached hydrogens (primary N) is 1. The predicted octanol–water partition coefficient (Wildman–Crippen LogP) is 3.03. The van der Waals surface area contributed by atoms with Crippen molar-refractivity contribution >= 4 is 11.9 Å². The Bertz CT molecular complexity index is 996. The summed E-state index contributed by atoms with van der Waals surface area (Å²) in [6, 6.07) is 12.5. The van der Waals surface area contributed by atoms with Gasteiger partial charge in [0.1, 0.15) is 12.4 Å². The van der Waals surface area contributed by atoms with Gasteiger partial charge in [-0.1, -0.05) is 36.1 Å². The lowest BCUT2D eigenvalue weighted by Crippen LogP contribution is -2.41. The highest BCUT2D eigenvalue weighted by molar-refractivity contribution is 6.08. The minimum atomic E-state index is -2.96. The molecule has 29 heavy (non-hydrogen) atoms. The number of aliphatic imine (C=N–C) groups is 1. The predicted molar refractivity (Wildman–Crippen MR) is 102 cm³/mol. The molecule has 0 fully saturated rings. The van der Waals surface area contributed by atoms with Gasteiger partial charge in [-0.25, -0.2) is 4.99 Å². The number of ether oxygens (including phenoxy) is 1. The molecule has 0 radical (unpaired) electrons. The Hall–Kier alpha value is -3.47. The molecule has 5 nitrogen and oxygen atoms in total. The average molecular weight is 401 g/mol. The van der Waals surface area contributed by atoms with Crippen molar-refractivity contribution in [1.82, 2.24) is 4.90 Å². The summed E-state index contributed by atoms with van der Waals surface area (Å²) in [5.41, 5.74) is 5.95. The fraction of sp³-hybridized carbons (Fsp3) is 0.238. The highest BCUT2D eigenvalue weighted by atomic mass is 19.3. The van der Waals surface area contributed by atoms with Gasteiger partial charge in [0.05, 0.1) is 0 Å². The van der Waals surface area contributed by atoms with Crippen LogP contribution in [0.2, 0.25) is 0 Å². The summed E-state index contributed by atoms with van der Waals surface area (Å²) in [5.74, 6) is 5.14. The van der Waals surface area contributed by atoms with Crippen molar-refractivity contribution in [3.05, 3.63) is 65.2 Å². The molecule has 0 spiro atoms. The lowest BCUT2D eigenvalue weighted by molar-refractivity contribution is -0.129. The number of rotatable bonds is 5. The minimum Gasteiger partial charge on any atom is -0.435 e. The molecule has 0 saturated heterocycles. The molecule has 0 saturated carbocycles. The molecular formula is C21H18F3N3O2. The molecule has 0 bridgehead atoms. The number of halogens is 3. The second kappa shape index (κ2) is 8.27. The third-order valence-electron chi connectivity index (χ3n) is 4.47. The van der Waals surface area contributed by atoms with Crippen LogP contribution in [0.25, 0.3) is 0 Å². The van der Waals surface area contributed by atoms with E-state index in [1.54, 1.807) is 24.3 Å². The molecule has 0 unspecified atom stereocenters. The molecule has 2 aromatic carbocycles. The van der Waals surface area contributed by atoms with Crippen molar-refractivity contribution in [3.8, 4) is 17.6 Å². The first kappa shape index (κ1) is 20.3. The van der Waals surface area contributed by atoms with Crippen LogP contribution in [0.5, 0.6) is 5.75 Å². The summed E-state index contributed by atoms with van der Waals surface area (Å²) in [6.45, 7) is -3.50. The van der Waals surface area contributed by atoms with Gasteiger partial charge in [0.25, 0.3) is 5.91 Å². The normalized spacial score (nSPS) is 18.4. The Balaban J connectivity index is 2.11. The number of hydrogen-bond donors (Lipinski definition) is 1. The Morgan fingerprint density at radius 3 is 2.52 bits per heavy atom. The smallest absolute Gasteiger partial charge is 0.387 e. The van der Waals surface area contributed by atoms with Crippen LogP contribution in [0.3, 0.4) is 0 Å². The number of benzene rings is 2. The molecule has 8 heteroatoms. The molecule has 2 N–H and O–H groups in total. The Labute approximate surface area is 166 Å². The van der Waals surface area contributed by atoms with Gasteiger partial charge in [0, 0.05) is 19.0 Å². The number of carbonyl (C=O) groups is 1. The molecule has 2 aromatic rings. The van der Waals surface area contributed by atoms with Crippen LogP contribution in [-0.2, 0) is 10.3 Å². The summed E-state index contributed by atoms with van der Waals surface area (Å²) >= 11 is 0. The molecule has 1 amide bonds. The van der Waals surface area contributed by atoms with Crippen molar-refractivity contribution in [2.75, 3.05) is 13.7 Å². The Kier molecular flexibility index (Phi) is 5.78. The van der Waals surface area contributed by atoms with Crippen molar-refractivity contribution < 1.29 is 22.7 Å². The van der Waals surface area contributed by atoms with Crippen molar-refractivity contribution in [1.29, 1.82) is 0 Å². The van der Waals surface area contributed by atoms with Crippen LogP contribution in [-0.4, -0.2) is 37.1 Å². The van der Waals surface area contributed by atoms with E-state index in [2.05, 4.69) is 21.6 Å². The van der Waals surface area contributed by atoms with E-state index in [0.717, 1.165) is 0 Å². The van der Waals surface area contributed by atoms with Gasteiger partial charge < -0.3 is 10.5 Å². The highest BCUT2D eigenvalue weighted by Crippen LogP contribution is 2.40. The van der Waals surface area contributed by atoms with Gasteiger partial charge in [-0.15, -0.1) is 0 Å². The van der Waals surface area contributed by atoms with Crippen molar-refractivity contribution in [3.63, 3.8) is 0 Å². The van der Waals surface area contributed by atoms with E-state index in [1.807, 2.05) is 0 Å². The van der Waals surface area contributed by atoms with E-state index >= 15 is 0 Å². The van der Waals surface area contributed by atoms with Gasteiger partial charge in [0.15, 0.2) is 11.5 Å². The van der Waals surface area contributed by atoms with E-state index in [9.17, 15) is 18.0 Å². The number of alkyl halides is 3. The van der Waals surface area contributed by atoms with Gasteiger partial charge in [0.2, 0.25) is 0 Å². The number of nitrogens with zero attached hydrogens (tertiary/aromatic N) is 2. The molecule has 0 aromatic heterocycles. The maximum atomic E-state index is 13.2. The summed E-state index contributed by atoms with van der Waals surface area (Å²) in [4.78, 5) is 18.8. The van der Waals surface area contributed by atoms with E-state index in [4.69, 9.17) is 5.73 Å². The van der Waals surface area contributed by atoms with Crippen LogP contribution in [0, 0.1) is 11.8 Å². The fourth-order valence-corrected chi connectivity index (χ4v) is 3.10. The van der Waals surface area contributed by atoms with Crippen molar-refractivity contribution in [2.24, 2.45) is 10.7 Å². The van der Waals surface area contributed by atoms with E-state index in [1.165, 1.54) is 36.2 Å². The van der Waals surface area contributed by atoms with Gasteiger partial charge in [-0.05, 0) is 35.4 Å². The first-order chi connectivity index (χ1) is 13.9. The quantitative estimate of drug-likeness (QED) is 0.784. The molecule has 1 heterocycles. The van der Waals surface area contributed by atoms with E-state index in [0.29, 0.717) is 16.7 Å². The molecule has 1 aliphatic rings. The number of hydrogen-bond acceptors (Lipinski definition) is 4. The van der Waals surface area contributed by atoms with Crippen LogP contribution >= 0.6 is 0 Å². The van der Waals surface area contributed by atoms with Crippen LogP contribution in [0.4, 0.5) is 13.2 Å². The van der Waals surface area contributed by atoms with Crippen LogP contribution in [0.1, 0.15) is 23.1 Å². The minimum absolute atomic E-state index is 0.0248. The van der Waals surface area contributed by atoms with E-state index in [-0.39, 0.29) is 18.1 Å². The molecule has 1 atom stereocenters. The lowest BCUT2D eigenvalue weighted by Gasteiger charge is -2.26. The second-order valence-electron chi connectivity index (χ2n) is 6.27. The third-order valence-corrected chi connectivity index (χ3v) is 4.47. The number of guanidine groups is 1. The van der Waals surface area contributed by atoms with E-state index < -0.39 is 24.7 Å². The standard InChI is InChI=1S/C21H18F3N3O2/c1-27-18(28)21(26-20(27)25,15-8-10-17(11-9-15)29-19(23)24)16-7-4-6-14(13-16)5-2-3-12-22/h4,6-11,13,19H,3,12H2,1H3,(H2,25,26)/t21-/m1/s1. The topological polar surface area (TPSA) is 67.9 Å². The molecular weight excluding hydrogens is 383 g/mol. The highest BCUT2D eigenvalue weighted by Gasteiger charge is 2.49. The first-order valence-corrected chi connectivity index (χ1v) is 8.72. The molecule has 0 aliphatic carbocycles. The maximum Gasteiger partial charge on any atom is 0.387 e. The second-order valence-corrected chi connectivity index (χ2v) is 6.27. The summed E-state index contributed by atoms with van der Waals surface area (Å²) in [5, 5.41) is 0. The van der Waals surface area contributed by atoms with Gasteiger partial charge >= 0.3 is 6.61 Å². The zero-order chi connectivity index (χ0) is 21.0. The Morgan fingerprint density at radius 1 is 1.21 bits per heavy atom. The summed E-state index contributed by atoms with van der Waals surface area (Å²) < 4.78 is 41.6. The molecule has 150 valence electrons. The number of likely N-dealkylation sites (N-methyl/N-ethyl adjacent to an activating group) is 1. The summed E-state index contributed by atoms with van der Waals surface area (Å²) in [7, 11) is 1.50. The SMILES string of the molecule is CN1C(=O)[C@@](c2ccc(OC(F)F)cc2)(c2cccc(C#CCCF)c2)N=C1N. The summed E-state index contributed by atoms with van der Waals surface area (Å²) in [6.07, 6.45) is 0.105.